The molecule has 76 valence electrons. The van der Waals surface area contributed by atoms with Gasteiger partial charge in [0.05, 0.1) is 13.7 Å². The van der Waals surface area contributed by atoms with Crippen LogP contribution in [0, 0.1) is 0 Å². The molecule has 0 spiro atoms. The van der Waals surface area contributed by atoms with E-state index in [-0.39, 0.29) is 0 Å². The molecule has 0 fully saturated rings. The van der Waals surface area contributed by atoms with Gasteiger partial charge in [0.1, 0.15) is 5.75 Å². The molecule has 0 atom stereocenters. The van der Waals surface area contributed by atoms with Crippen molar-refractivity contribution in [3.63, 3.8) is 0 Å². The molecule has 1 aromatic rings. The number of rotatable bonds is 3. The quantitative estimate of drug-likeness (QED) is 0.778. The van der Waals surface area contributed by atoms with E-state index in [9.17, 15) is 0 Å². The monoisotopic (exact) mass is 211 g/mol. The van der Waals surface area contributed by atoms with E-state index >= 15 is 0 Å². The second-order valence-electron chi connectivity index (χ2n) is 2.57. The molecule has 0 saturated heterocycles. The molecule has 0 aliphatic carbocycles. The predicted octanol–water partition coefficient (Wildman–Crippen LogP) is 2.43. The van der Waals surface area contributed by atoms with Crippen LogP contribution in [-0.2, 0) is 4.74 Å². The van der Waals surface area contributed by atoms with Crippen LogP contribution in [0.4, 0.5) is 5.69 Å². The first-order valence-electron chi connectivity index (χ1n) is 4.34. The molecule has 0 bridgehead atoms. The molecule has 3 nitrogen and oxygen atoms in total. The van der Waals surface area contributed by atoms with Gasteiger partial charge >= 0.3 is 0 Å². The summed E-state index contributed by atoms with van der Waals surface area (Å²) in [7, 11) is 1.63. The van der Waals surface area contributed by atoms with E-state index in [1.54, 1.807) is 7.11 Å². The summed E-state index contributed by atoms with van der Waals surface area (Å²) in [6.45, 7) is 2.46. The van der Waals surface area contributed by atoms with Crippen molar-refractivity contribution in [2.24, 2.45) is 0 Å². The Morgan fingerprint density at radius 3 is 2.50 bits per heavy atom. The lowest BCUT2D eigenvalue weighted by atomic mass is 10.3. The van der Waals surface area contributed by atoms with Gasteiger partial charge in [-0.3, -0.25) is 0 Å². The summed E-state index contributed by atoms with van der Waals surface area (Å²) in [5.74, 6) is 0.817. The van der Waals surface area contributed by atoms with Crippen molar-refractivity contribution in [3.8, 4) is 5.75 Å². The van der Waals surface area contributed by atoms with E-state index in [1.165, 1.54) is 0 Å². The Labute approximate surface area is 89.0 Å². The van der Waals surface area contributed by atoms with Crippen LogP contribution in [0.2, 0.25) is 0 Å². The number of methoxy groups -OCH3 is 1. The highest BCUT2D eigenvalue weighted by Gasteiger charge is 1.97. The van der Waals surface area contributed by atoms with Crippen LogP contribution in [-0.4, -0.2) is 18.9 Å². The van der Waals surface area contributed by atoms with Crippen LogP contribution in [0.3, 0.4) is 0 Å². The molecule has 0 saturated carbocycles. The standard InChI is InChI=1S/C10H13NO2S/c1-3-13-10(14)11-8-4-6-9(12-2)7-5-8/h4-7H,3H2,1-2H3,(H,11,14). The average molecular weight is 211 g/mol. The number of anilines is 1. The number of nitrogens with one attached hydrogen (secondary N) is 1. The lowest BCUT2D eigenvalue weighted by Crippen LogP contribution is -2.12. The van der Waals surface area contributed by atoms with Crippen molar-refractivity contribution in [3.05, 3.63) is 24.3 Å². The van der Waals surface area contributed by atoms with Gasteiger partial charge in [0, 0.05) is 5.69 Å². The molecular weight excluding hydrogens is 198 g/mol. The van der Waals surface area contributed by atoms with Gasteiger partial charge in [-0.1, -0.05) is 0 Å². The number of benzene rings is 1. The SMILES string of the molecule is CCOC(=S)Nc1ccc(OC)cc1. The minimum absolute atomic E-state index is 0.387. The van der Waals surface area contributed by atoms with E-state index < -0.39 is 0 Å². The Balaban J connectivity index is 2.55. The lowest BCUT2D eigenvalue weighted by Gasteiger charge is -2.08. The fraction of sp³-hybridized carbons (Fsp3) is 0.300. The molecule has 0 amide bonds. The summed E-state index contributed by atoms with van der Waals surface area (Å²) >= 11 is 4.93. The molecule has 0 unspecified atom stereocenters. The average Bonchev–Trinajstić information content (AvgIpc) is 2.19. The van der Waals surface area contributed by atoms with Crippen molar-refractivity contribution >= 4 is 23.1 Å². The molecule has 0 radical (unpaired) electrons. The maximum atomic E-state index is 5.09. The van der Waals surface area contributed by atoms with Crippen molar-refractivity contribution in [1.29, 1.82) is 0 Å². The van der Waals surface area contributed by atoms with Gasteiger partial charge in [-0.15, -0.1) is 0 Å². The summed E-state index contributed by atoms with van der Waals surface area (Å²) in [5, 5.41) is 3.33. The second kappa shape index (κ2) is 5.44. The molecule has 1 N–H and O–H groups in total. The van der Waals surface area contributed by atoms with Crippen molar-refractivity contribution in [2.45, 2.75) is 6.92 Å². The fourth-order valence-corrected chi connectivity index (χ4v) is 1.20. The van der Waals surface area contributed by atoms with Crippen LogP contribution in [0.15, 0.2) is 24.3 Å². The Morgan fingerprint density at radius 1 is 1.36 bits per heavy atom. The van der Waals surface area contributed by atoms with E-state index in [0.29, 0.717) is 11.8 Å². The maximum Gasteiger partial charge on any atom is 0.261 e. The first-order chi connectivity index (χ1) is 6.76. The Hall–Kier alpha value is -1.29. The number of thiocarbonyl (C=S) groups is 1. The van der Waals surface area contributed by atoms with Crippen LogP contribution in [0.25, 0.3) is 0 Å². The Bertz CT molecular complexity index is 297. The zero-order chi connectivity index (χ0) is 10.4. The van der Waals surface area contributed by atoms with Crippen molar-refractivity contribution in [2.75, 3.05) is 19.0 Å². The van der Waals surface area contributed by atoms with Crippen LogP contribution >= 0.6 is 12.2 Å². The normalized spacial score (nSPS) is 9.29. The number of ether oxygens (including phenoxy) is 2. The van der Waals surface area contributed by atoms with E-state index in [1.807, 2.05) is 31.2 Å². The van der Waals surface area contributed by atoms with Crippen LogP contribution < -0.4 is 10.1 Å². The summed E-state index contributed by atoms with van der Waals surface area (Å²) in [5.41, 5.74) is 0.893. The summed E-state index contributed by atoms with van der Waals surface area (Å²) in [4.78, 5) is 0. The van der Waals surface area contributed by atoms with E-state index in [4.69, 9.17) is 21.7 Å². The minimum Gasteiger partial charge on any atom is -0.497 e. The molecule has 0 heterocycles. The first kappa shape index (κ1) is 10.8. The molecule has 0 aliphatic rings. The summed E-state index contributed by atoms with van der Waals surface area (Å²) in [6.07, 6.45) is 0. The van der Waals surface area contributed by atoms with Gasteiger partial charge in [-0.25, -0.2) is 0 Å². The zero-order valence-corrected chi connectivity index (χ0v) is 9.06. The van der Waals surface area contributed by atoms with Gasteiger partial charge in [0.25, 0.3) is 5.17 Å². The second-order valence-corrected chi connectivity index (χ2v) is 2.94. The summed E-state index contributed by atoms with van der Waals surface area (Å²) in [6, 6.07) is 7.47. The van der Waals surface area contributed by atoms with Gasteiger partial charge < -0.3 is 14.8 Å². The zero-order valence-electron chi connectivity index (χ0n) is 8.24. The van der Waals surface area contributed by atoms with Gasteiger partial charge in [0.15, 0.2) is 0 Å². The number of hydrogen-bond acceptors (Lipinski definition) is 3. The lowest BCUT2D eigenvalue weighted by molar-refractivity contribution is 0.335. The first-order valence-corrected chi connectivity index (χ1v) is 4.75. The third-order valence-corrected chi connectivity index (χ3v) is 1.83. The van der Waals surface area contributed by atoms with Gasteiger partial charge in [-0.2, -0.15) is 0 Å². The maximum absolute atomic E-state index is 5.09. The van der Waals surface area contributed by atoms with E-state index in [0.717, 1.165) is 11.4 Å². The topological polar surface area (TPSA) is 30.5 Å². The molecule has 0 aliphatic heterocycles. The highest BCUT2D eigenvalue weighted by Crippen LogP contribution is 2.14. The number of hydrogen-bond donors (Lipinski definition) is 1. The van der Waals surface area contributed by atoms with Crippen molar-refractivity contribution in [1.82, 2.24) is 0 Å². The van der Waals surface area contributed by atoms with Crippen LogP contribution in [0.5, 0.6) is 5.75 Å². The van der Waals surface area contributed by atoms with Crippen LogP contribution in [0.1, 0.15) is 6.92 Å². The van der Waals surface area contributed by atoms with E-state index in [2.05, 4.69) is 5.32 Å². The molecule has 0 aromatic heterocycles. The molecular formula is C10H13NO2S. The highest BCUT2D eigenvalue weighted by molar-refractivity contribution is 7.80. The minimum atomic E-state index is 0.387. The molecule has 1 aromatic carbocycles. The molecule has 1 rings (SSSR count). The fourth-order valence-electron chi connectivity index (χ4n) is 0.959. The largest absolute Gasteiger partial charge is 0.497 e. The van der Waals surface area contributed by atoms with Gasteiger partial charge in [-0.05, 0) is 43.4 Å². The smallest absolute Gasteiger partial charge is 0.261 e. The molecule has 4 heteroatoms. The van der Waals surface area contributed by atoms with Gasteiger partial charge in [0.2, 0.25) is 0 Å². The third-order valence-electron chi connectivity index (χ3n) is 1.61. The Morgan fingerprint density at radius 2 is 2.00 bits per heavy atom. The third kappa shape index (κ3) is 3.22. The predicted molar refractivity (Wildman–Crippen MR) is 60.8 cm³/mol. The Kier molecular flexibility index (Phi) is 4.19. The van der Waals surface area contributed by atoms with Crippen molar-refractivity contribution < 1.29 is 9.47 Å². The highest BCUT2D eigenvalue weighted by atomic mass is 32.1. The summed E-state index contributed by atoms with van der Waals surface area (Å²) < 4.78 is 10.1. The molecule has 14 heavy (non-hydrogen) atoms.